The van der Waals surface area contributed by atoms with Crippen LogP contribution in [0.2, 0.25) is 0 Å². The van der Waals surface area contributed by atoms with Crippen molar-refractivity contribution in [2.75, 3.05) is 5.32 Å². The first-order valence-electron chi connectivity index (χ1n) is 7.88. The van der Waals surface area contributed by atoms with Crippen LogP contribution < -0.4 is 10.1 Å². The lowest BCUT2D eigenvalue weighted by atomic mass is 10.2. The SMILES string of the molecule is Cc1ccc(C(=O)O)c(NCc2ccc(Oc3ccccc3)cc2)n1. The number of aromatic carboxylic acids is 1. The second-order valence-corrected chi connectivity index (χ2v) is 5.57. The quantitative estimate of drug-likeness (QED) is 0.695. The molecule has 0 saturated carbocycles. The van der Waals surface area contributed by atoms with Crippen molar-refractivity contribution in [1.82, 2.24) is 4.98 Å². The number of para-hydroxylation sites is 1. The number of nitrogens with zero attached hydrogens (tertiary/aromatic N) is 1. The van der Waals surface area contributed by atoms with E-state index in [1.54, 1.807) is 12.1 Å². The van der Waals surface area contributed by atoms with E-state index in [-0.39, 0.29) is 5.56 Å². The van der Waals surface area contributed by atoms with Crippen LogP contribution in [0.3, 0.4) is 0 Å². The second-order valence-electron chi connectivity index (χ2n) is 5.57. The number of carboxylic acids is 1. The van der Waals surface area contributed by atoms with Gasteiger partial charge >= 0.3 is 5.97 Å². The maximum Gasteiger partial charge on any atom is 0.339 e. The van der Waals surface area contributed by atoms with Crippen molar-refractivity contribution < 1.29 is 14.6 Å². The molecule has 0 aliphatic carbocycles. The van der Waals surface area contributed by atoms with E-state index in [0.29, 0.717) is 12.4 Å². The summed E-state index contributed by atoms with van der Waals surface area (Å²) in [6.45, 7) is 2.30. The molecule has 0 bridgehead atoms. The summed E-state index contributed by atoms with van der Waals surface area (Å²) < 4.78 is 5.75. The Labute approximate surface area is 145 Å². The monoisotopic (exact) mass is 334 g/mol. The van der Waals surface area contributed by atoms with Gasteiger partial charge in [0.15, 0.2) is 0 Å². The Bertz CT molecular complexity index is 862. The lowest BCUT2D eigenvalue weighted by molar-refractivity contribution is 0.0697. The predicted molar refractivity (Wildman–Crippen MR) is 96.2 cm³/mol. The van der Waals surface area contributed by atoms with E-state index in [1.807, 2.05) is 61.5 Å². The molecule has 0 aliphatic rings. The molecule has 0 saturated heterocycles. The van der Waals surface area contributed by atoms with Gasteiger partial charge in [-0.1, -0.05) is 30.3 Å². The number of aryl methyl sites for hydroxylation is 1. The van der Waals surface area contributed by atoms with Gasteiger partial charge in [-0.25, -0.2) is 9.78 Å². The highest BCUT2D eigenvalue weighted by Gasteiger charge is 2.11. The van der Waals surface area contributed by atoms with Crippen molar-refractivity contribution in [3.05, 3.63) is 83.6 Å². The van der Waals surface area contributed by atoms with Gasteiger partial charge in [0.25, 0.3) is 0 Å². The molecule has 126 valence electrons. The number of ether oxygens (including phenoxy) is 1. The standard InChI is InChI=1S/C20H18N2O3/c1-14-7-12-18(20(23)24)19(22-14)21-13-15-8-10-17(11-9-15)25-16-5-3-2-4-6-16/h2-12H,13H2,1H3,(H,21,22)(H,23,24). The number of rotatable bonds is 6. The molecule has 2 aromatic carbocycles. The fourth-order valence-corrected chi connectivity index (χ4v) is 2.35. The van der Waals surface area contributed by atoms with Gasteiger partial charge in [-0.2, -0.15) is 0 Å². The number of benzene rings is 2. The molecule has 0 radical (unpaired) electrons. The number of carbonyl (C=O) groups is 1. The summed E-state index contributed by atoms with van der Waals surface area (Å²) in [4.78, 5) is 15.5. The highest BCUT2D eigenvalue weighted by Crippen LogP contribution is 2.21. The summed E-state index contributed by atoms with van der Waals surface area (Å²) in [6, 6.07) is 20.4. The van der Waals surface area contributed by atoms with Crippen LogP contribution in [-0.4, -0.2) is 16.1 Å². The van der Waals surface area contributed by atoms with E-state index in [4.69, 9.17) is 4.74 Å². The summed E-state index contributed by atoms with van der Waals surface area (Å²) >= 11 is 0. The number of hydrogen-bond donors (Lipinski definition) is 2. The zero-order chi connectivity index (χ0) is 17.6. The van der Waals surface area contributed by atoms with Gasteiger partial charge in [-0.15, -0.1) is 0 Å². The molecular weight excluding hydrogens is 316 g/mol. The van der Waals surface area contributed by atoms with Gasteiger partial charge in [0, 0.05) is 12.2 Å². The third-order valence-corrected chi connectivity index (χ3v) is 3.63. The molecule has 3 rings (SSSR count). The number of hydrogen-bond acceptors (Lipinski definition) is 4. The van der Waals surface area contributed by atoms with Crippen molar-refractivity contribution in [2.45, 2.75) is 13.5 Å². The van der Waals surface area contributed by atoms with Crippen LogP contribution in [0.1, 0.15) is 21.6 Å². The Morgan fingerprint density at radius 3 is 2.36 bits per heavy atom. The van der Waals surface area contributed by atoms with Crippen molar-refractivity contribution in [2.24, 2.45) is 0 Å². The first kappa shape index (κ1) is 16.5. The zero-order valence-corrected chi connectivity index (χ0v) is 13.8. The van der Waals surface area contributed by atoms with Crippen LogP contribution in [0.4, 0.5) is 5.82 Å². The molecule has 5 nitrogen and oxygen atoms in total. The summed E-state index contributed by atoms with van der Waals surface area (Å²) in [5.41, 5.74) is 1.92. The topological polar surface area (TPSA) is 71.5 Å². The molecule has 0 aliphatic heterocycles. The van der Waals surface area contributed by atoms with E-state index in [1.165, 1.54) is 0 Å². The van der Waals surface area contributed by atoms with Gasteiger partial charge in [-0.05, 0) is 48.9 Å². The highest BCUT2D eigenvalue weighted by molar-refractivity contribution is 5.93. The molecule has 3 aromatic rings. The minimum Gasteiger partial charge on any atom is -0.478 e. The summed E-state index contributed by atoms with van der Waals surface area (Å²) in [6.07, 6.45) is 0. The molecular formula is C20H18N2O3. The van der Waals surface area contributed by atoms with E-state index in [9.17, 15) is 9.90 Å². The predicted octanol–water partition coefficient (Wildman–Crippen LogP) is 4.49. The van der Waals surface area contributed by atoms with Crippen LogP contribution in [-0.2, 0) is 6.54 Å². The second kappa shape index (κ2) is 7.49. The molecule has 0 amide bonds. The molecule has 0 unspecified atom stereocenters. The molecule has 0 spiro atoms. The molecule has 1 heterocycles. The normalized spacial score (nSPS) is 10.3. The van der Waals surface area contributed by atoms with E-state index in [0.717, 1.165) is 22.8 Å². The van der Waals surface area contributed by atoms with Crippen molar-refractivity contribution >= 4 is 11.8 Å². The number of anilines is 1. The van der Waals surface area contributed by atoms with Crippen molar-refractivity contribution in [3.8, 4) is 11.5 Å². The molecule has 2 N–H and O–H groups in total. The maximum atomic E-state index is 11.3. The number of nitrogens with one attached hydrogen (secondary N) is 1. The third kappa shape index (κ3) is 4.35. The minimum atomic E-state index is -0.999. The van der Waals surface area contributed by atoms with E-state index in [2.05, 4.69) is 10.3 Å². The molecule has 25 heavy (non-hydrogen) atoms. The van der Waals surface area contributed by atoms with Crippen LogP contribution in [0.15, 0.2) is 66.7 Å². The third-order valence-electron chi connectivity index (χ3n) is 3.63. The Balaban J connectivity index is 1.66. The minimum absolute atomic E-state index is 0.162. The van der Waals surface area contributed by atoms with Crippen LogP contribution >= 0.6 is 0 Å². The van der Waals surface area contributed by atoms with Crippen LogP contribution in [0.5, 0.6) is 11.5 Å². The first-order chi connectivity index (χ1) is 12.1. The Morgan fingerprint density at radius 2 is 1.68 bits per heavy atom. The average Bonchev–Trinajstić information content (AvgIpc) is 2.62. The van der Waals surface area contributed by atoms with Gasteiger partial charge in [0.2, 0.25) is 0 Å². The van der Waals surface area contributed by atoms with Gasteiger partial charge in [-0.3, -0.25) is 0 Å². The van der Waals surface area contributed by atoms with Crippen LogP contribution in [0.25, 0.3) is 0 Å². The average molecular weight is 334 g/mol. The lowest BCUT2D eigenvalue weighted by Crippen LogP contribution is -2.09. The van der Waals surface area contributed by atoms with Crippen molar-refractivity contribution in [1.29, 1.82) is 0 Å². The largest absolute Gasteiger partial charge is 0.478 e. The van der Waals surface area contributed by atoms with Crippen molar-refractivity contribution in [3.63, 3.8) is 0 Å². The van der Waals surface area contributed by atoms with E-state index < -0.39 is 5.97 Å². The molecule has 1 aromatic heterocycles. The Hall–Kier alpha value is -3.34. The number of carboxylic acid groups (broad SMARTS) is 1. The number of aromatic nitrogens is 1. The van der Waals surface area contributed by atoms with E-state index >= 15 is 0 Å². The first-order valence-corrected chi connectivity index (χ1v) is 7.88. The number of pyridine rings is 1. The highest BCUT2D eigenvalue weighted by atomic mass is 16.5. The summed E-state index contributed by atoms with van der Waals surface area (Å²) in [7, 11) is 0. The molecule has 0 fully saturated rings. The molecule has 0 atom stereocenters. The zero-order valence-electron chi connectivity index (χ0n) is 13.8. The summed E-state index contributed by atoms with van der Waals surface area (Å²) in [5.74, 6) is 0.900. The Kier molecular flexibility index (Phi) is 4.95. The Morgan fingerprint density at radius 1 is 1.00 bits per heavy atom. The fraction of sp³-hybridized carbons (Fsp3) is 0.100. The molecule has 5 heteroatoms. The van der Waals surface area contributed by atoms with Gasteiger partial charge in [0.05, 0.1) is 0 Å². The maximum absolute atomic E-state index is 11.3. The fourth-order valence-electron chi connectivity index (χ4n) is 2.35. The lowest BCUT2D eigenvalue weighted by Gasteiger charge is -2.10. The van der Waals surface area contributed by atoms with Gasteiger partial charge < -0.3 is 15.2 Å². The van der Waals surface area contributed by atoms with Crippen LogP contribution in [0, 0.1) is 6.92 Å². The summed E-state index contributed by atoms with van der Waals surface area (Å²) in [5, 5.41) is 12.3. The smallest absolute Gasteiger partial charge is 0.339 e. The van der Waals surface area contributed by atoms with Gasteiger partial charge in [0.1, 0.15) is 22.9 Å².